The molecular weight excluding hydrogens is 262 g/mol. The van der Waals surface area contributed by atoms with E-state index >= 15 is 0 Å². The van der Waals surface area contributed by atoms with Crippen molar-refractivity contribution in [3.8, 4) is 0 Å². The summed E-state index contributed by atoms with van der Waals surface area (Å²) in [6, 6.07) is 1.85. The van der Waals surface area contributed by atoms with Crippen LogP contribution in [0.3, 0.4) is 0 Å². The van der Waals surface area contributed by atoms with E-state index in [0.717, 1.165) is 29.8 Å². The predicted molar refractivity (Wildman–Crippen MR) is 73.0 cm³/mol. The Kier molecular flexibility index (Phi) is 4.21. The lowest BCUT2D eigenvalue weighted by atomic mass is 10.3. The molecule has 2 rings (SSSR count). The van der Waals surface area contributed by atoms with Gasteiger partial charge in [-0.05, 0) is 6.26 Å². The SMILES string of the molecule is CSc1nc(Cl)cc(N2CCSC(C)C2)n1. The van der Waals surface area contributed by atoms with E-state index in [1.807, 2.05) is 24.1 Å². The summed E-state index contributed by atoms with van der Waals surface area (Å²) in [5, 5.41) is 1.92. The summed E-state index contributed by atoms with van der Waals surface area (Å²) in [5.41, 5.74) is 0. The van der Waals surface area contributed by atoms with Gasteiger partial charge < -0.3 is 4.90 Å². The van der Waals surface area contributed by atoms with Crippen molar-refractivity contribution in [2.45, 2.75) is 17.3 Å². The van der Waals surface area contributed by atoms with Crippen LogP contribution in [0.4, 0.5) is 5.82 Å². The van der Waals surface area contributed by atoms with Crippen molar-refractivity contribution in [2.75, 3.05) is 30.0 Å². The van der Waals surface area contributed by atoms with Crippen molar-refractivity contribution >= 4 is 40.9 Å². The van der Waals surface area contributed by atoms with Crippen LogP contribution < -0.4 is 4.90 Å². The van der Waals surface area contributed by atoms with Crippen LogP contribution in [0.25, 0.3) is 0 Å². The van der Waals surface area contributed by atoms with Crippen molar-refractivity contribution in [1.82, 2.24) is 9.97 Å². The average molecular weight is 276 g/mol. The third-order valence-corrected chi connectivity index (χ3v) is 4.29. The third kappa shape index (κ3) is 2.96. The van der Waals surface area contributed by atoms with Crippen LogP contribution >= 0.6 is 35.1 Å². The first-order valence-corrected chi connectivity index (χ1v) is 7.79. The molecule has 1 unspecified atom stereocenters. The molecule has 88 valence electrons. The van der Waals surface area contributed by atoms with Crippen LogP contribution in [-0.2, 0) is 0 Å². The Bertz CT molecular complexity index is 375. The molecule has 0 amide bonds. The average Bonchev–Trinajstić information content (AvgIpc) is 2.28. The van der Waals surface area contributed by atoms with Crippen LogP contribution in [0.5, 0.6) is 0 Å². The first-order chi connectivity index (χ1) is 7.69. The van der Waals surface area contributed by atoms with Gasteiger partial charge in [0.05, 0.1) is 0 Å². The fraction of sp³-hybridized carbons (Fsp3) is 0.600. The van der Waals surface area contributed by atoms with Crippen LogP contribution in [0.15, 0.2) is 11.2 Å². The third-order valence-electron chi connectivity index (χ3n) is 2.41. The molecule has 0 saturated carbocycles. The maximum Gasteiger partial charge on any atom is 0.190 e. The standard InChI is InChI=1S/C10H14ClN3S2/c1-7-6-14(3-4-16-7)9-5-8(11)12-10(13-9)15-2/h5,7H,3-4,6H2,1-2H3. The molecule has 1 aromatic rings. The number of thioether (sulfide) groups is 2. The fourth-order valence-electron chi connectivity index (χ4n) is 1.67. The van der Waals surface area contributed by atoms with Gasteiger partial charge in [0.2, 0.25) is 0 Å². The lowest BCUT2D eigenvalue weighted by Crippen LogP contribution is -2.37. The molecule has 1 fully saturated rings. The molecule has 1 aliphatic rings. The summed E-state index contributed by atoms with van der Waals surface area (Å²) in [4.78, 5) is 10.9. The van der Waals surface area contributed by atoms with E-state index in [9.17, 15) is 0 Å². The minimum atomic E-state index is 0.528. The number of aromatic nitrogens is 2. The van der Waals surface area contributed by atoms with E-state index < -0.39 is 0 Å². The fourth-order valence-corrected chi connectivity index (χ4v) is 3.28. The zero-order valence-corrected chi connectivity index (χ0v) is 11.7. The minimum absolute atomic E-state index is 0.528. The van der Waals surface area contributed by atoms with Crippen LogP contribution in [0.1, 0.15) is 6.92 Å². The van der Waals surface area contributed by atoms with Gasteiger partial charge in [0.1, 0.15) is 11.0 Å². The Labute approximate surface area is 109 Å². The molecule has 3 nitrogen and oxygen atoms in total. The van der Waals surface area contributed by atoms with Gasteiger partial charge in [-0.1, -0.05) is 30.3 Å². The van der Waals surface area contributed by atoms with Crippen LogP contribution in [-0.4, -0.2) is 40.3 Å². The second kappa shape index (κ2) is 5.47. The summed E-state index contributed by atoms with van der Waals surface area (Å²) < 4.78 is 0. The quantitative estimate of drug-likeness (QED) is 0.470. The van der Waals surface area contributed by atoms with Gasteiger partial charge in [-0.3, -0.25) is 0 Å². The number of hydrogen-bond donors (Lipinski definition) is 0. The Morgan fingerprint density at radius 3 is 3.06 bits per heavy atom. The highest BCUT2D eigenvalue weighted by Gasteiger charge is 2.18. The Morgan fingerprint density at radius 1 is 1.56 bits per heavy atom. The summed E-state index contributed by atoms with van der Waals surface area (Å²) in [6.45, 7) is 4.32. The highest BCUT2D eigenvalue weighted by atomic mass is 35.5. The minimum Gasteiger partial charge on any atom is -0.355 e. The molecule has 1 aliphatic heterocycles. The predicted octanol–water partition coefficient (Wildman–Crippen LogP) is 2.79. The second-order valence-corrected chi connectivity index (χ2v) is 6.37. The van der Waals surface area contributed by atoms with E-state index in [2.05, 4.69) is 21.8 Å². The summed E-state index contributed by atoms with van der Waals surface area (Å²) in [5.74, 6) is 2.11. The van der Waals surface area contributed by atoms with E-state index in [4.69, 9.17) is 11.6 Å². The molecule has 2 heterocycles. The number of nitrogens with zero attached hydrogens (tertiary/aromatic N) is 3. The van der Waals surface area contributed by atoms with Gasteiger partial charge in [-0.2, -0.15) is 11.8 Å². The molecule has 16 heavy (non-hydrogen) atoms. The molecule has 0 N–H and O–H groups in total. The van der Waals surface area contributed by atoms with Gasteiger partial charge in [0, 0.05) is 30.2 Å². The normalized spacial score (nSPS) is 21.2. The maximum atomic E-state index is 5.99. The van der Waals surface area contributed by atoms with Crippen molar-refractivity contribution < 1.29 is 0 Å². The highest BCUT2D eigenvalue weighted by molar-refractivity contribution is 8.00. The Hall–Kier alpha value is -0.130. The van der Waals surface area contributed by atoms with E-state index in [1.54, 1.807) is 0 Å². The lowest BCUT2D eigenvalue weighted by molar-refractivity contribution is 0.757. The molecule has 1 atom stereocenters. The monoisotopic (exact) mass is 275 g/mol. The summed E-state index contributed by atoms with van der Waals surface area (Å²) in [7, 11) is 0. The number of rotatable bonds is 2. The zero-order chi connectivity index (χ0) is 11.5. The van der Waals surface area contributed by atoms with Crippen molar-refractivity contribution in [3.63, 3.8) is 0 Å². The van der Waals surface area contributed by atoms with Gasteiger partial charge in [0.25, 0.3) is 0 Å². The van der Waals surface area contributed by atoms with Crippen molar-refractivity contribution in [1.29, 1.82) is 0 Å². The van der Waals surface area contributed by atoms with Crippen molar-refractivity contribution in [3.05, 3.63) is 11.2 Å². The molecule has 1 aromatic heterocycles. The molecule has 6 heteroatoms. The molecule has 0 radical (unpaired) electrons. The summed E-state index contributed by atoms with van der Waals surface area (Å²) in [6.07, 6.45) is 1.96. The summed E-state index contributed by atoms with van der Waals surface area (Å²) >= 11 is 9.52. The molecule has 0 bridgehead atoms. The topological polar surface area (TPSA) is 29.0 Å². The van der Waals surface area contributed by atoms with E-state index in [-0.39, 0.29) is 0 Å². The zero-order valence-electron chi connectivity index (χ0n) is 9.31. The second-order valence-electron chi connectivity index (χ2n) is 3.66. The molecule has 0 spiro atoms. The first kappa shape index (κ1) is 12.3. The molecule has 0 aliphatic carbocycles. The molecule has 0 aromatic carbocycles. The molecular formula is C10H14ClN3S2. The van der Waals surface area contributed by atoms with Crippen LogP contribution in [0, 0.1) is 0 Å². The number of hydrogen-bond acceptors (Lipinski definition) is 5. The van der Waals surface area contributed by atoms with Gasteiger partial charge in [-0.25, -0.2) is 9.97 Å². The van der Waals surface area contributed by atoms with E-state index in [1.165, 1.54) is 11.8 Å². The van der Waals surface area contributed by atoms with Gasteiger partial charge >= 0.3 is 0 Å². The Morgan fingerprint density at radius 2 is 2.38 bits per heavy atom. The van der Waals surface area contributed by atoms with Gasteiger partial charge in [0.15, 0.2) is 5.16 Å². The number of anilines is 1. The Balaban J connectivity index is 2.21. The van der Waals surface area contributed by atoms with Gasteiger partial charge in [-0.15, -0.1) is 0 Å². The highest BCUT2D eigenvalue weighted by Crippen LogP contribution is 2.25. The smallest absolute Gasteiger partial charge is 0.190 e. The van der Waals surface area contributed by atoms with E-state index in [0.29, 0.717) is 10.4 Å². The molecule has 1 saturated heterocycles. The van der Waals surface area contributed by atoms with Crippen LogP contribution in [0.2, 0.25) is 5.15 Å². The largest absolute Gasteiger partial charge is 0.355 e. The lowest BCUT2D eigenvalue weighted by Gasteiger charge is -2.31. The number of halogens is 1. The van der Waals surface area contributed by atoms with Crippen molar-refractivity contribution in [2.24, 2.45) is 0 Å². The first-order valence-electron chi connectivity index (χ1n) is 5.14. The maximum absolute atomic E-state index is 5.99.